The van der Waals surface area contributed by atoms with Crippen molar-refractivity contribution in [3.8, 4) is 0 Å². The average molecular weight is 254 g/mol. The Bertz CT molecular complexity index is 517. The van der Waals surface area contributed by atoms with Gasteiger partial charge in [0.1, 0.15) is 0 Å². The van der Waals surface area contributed by atoms with E-state index in [9.17, 15) is 0 Å². The van der Waals surface area contributed by atoms with Crippen LogP contribution in [-0.2, 0) is 13.0 Å². The van der Waals surface area contributed by atoms with Gasteiger partial charge >= 0.3 is 0 Å². The lowest BCUT2D eigenvalue weighted by Gasteiger charge is -2.23. The minimum atomic E-state index is 0.817. The second-order valence-electron chi connectivity index (χ2n) is 4.78. The standard InChI is InChI=1S/C17H22N2/c1-3-14-8-10-15(11-9-14)13-19(4-2)17-7-5-6-16(18)12-17/h5-12H,3-4,13,18H2,1-2H3. The first-order valence-electron chi connectivity index (χ1n) is 6.91. The molecular formula is C17H22N2. The molecule has 0 aromatic heterocycles. The Morgan fingerprint density at radius 3 is 2.21 bits per heavy atom. The van der Waals surface area contributed by atoms with Gasteiger partial charge in [0.05, 0.1) is 0 Å². The smallest absolute Gasteiger partial charge is 0.0429 e. The monoisotopic (exact) mass is 254 g/mol. The SMILES string of the molecule is CCc1ccc(CN(CC)c2cccc(N)c2)cc1. The lowest BCUT2D eigenvalue weighted by Crippen LogP contribution is -2.22. The van der Waals surface area contributed by atoms with Gasteiger partial charge in [-0.1, -0.05) is 37.3 Å². The Hall–Kier alpha value is -1.96. The van der Waals surface area contributed by atoms with Crippen LogP contribution in [0, 0.1) is 0 Å². The van der Waals surface area contributed by atoms with Crippen molar-refractivity contribution in [3.63, 3.8) is 0 Å². The first kappa shape index (κ1) is 13.5. The highest BCUT2D eigenvalue weighted by molar-refractivity contribution is 5.56. The summed E-state index contributed by atoms with van der Waals surface area (Å²) in [6, 6.07) is 16.9. The molecule has 0 amide bonds. The second-order valence-corrected chi connectivity index (χ2v) is 4.78. The first-order chi connectivity index (χ1) is 9.22. The predicted octanol–water partition coefficient (Wildman–Crippen LogP) is 3.86. The lowest BCUT2D eigenvalue weighted by atomic mass is 10.1. The molecule has 0 heterocycles. The summed E-state index contributed by atoms with van der Waals surface area (Å²) in [5.74, 6) is 0. The van der Waals surface area contributed by atoms with Crippen LogP contribution in [-0.4, -0.2) is 6.54 Å². The largest absolute Gasteiger partial charge is 0.399 e. The minimum absolute atomic E-state index is 0.817. The van der Waals surface area contributed by atoms with Crippen LogP contribution >= 0.6 is 0 Å². The van der Waals surface area contributed by atoms with Crippen molar-refractivity contribution in [2.75, 3.05) is 17.2 Å². The van der Waals surface area contributed by atoms with Crippen LogP contribution < -0.4 is 10.6 Å². The molecule has 2 heteroatoms. The summed E-state index contributed by atoms with van der Waals surface area (Å²) in [5, 5.41) is 0. The van der Waals surface area contributed by atoms with Gasteiger partial charge in [0.15, 0.2) is 0 Å². The molecule has 0 bridgehead atoms. The van der Waals surface area contributed by atoms with Gasteiger partial charge in [0.25, 0.3) is 0 Å². The number of rotatable bonds is 5. The van der Waals surface area contributed by atoms with Crippen molar-refractivity contribution in [1.29, 1.82) is 0 Å². The summed E-state index contributed by atoms with van der Waals surface area (Å²) in [7, 11) is 0. The molecular weight excluding hydrogens is 232 g/mol. The third-order valence-corrected chi connectivity index (χ3v) is 3.42. The highest BCUT2D eigenvalue weighted by Crippen LogP contribution is 2.19. The Kier molecular flexibility index (Phi) is 4.45. The quantitative estimate of drug-likeness (QED) is 0.821. The Morgan fingerprint density at radius 2 is 1.63 bits per heavy atom. The van der Waals surface area contributed by atoms with Crippen molar-refractivity contribution >= 4 is 11.4 Å². The molecule has 0 fully saturated rings. The van der Waals surface area contributed by atoms with Crippen LogP contribution in [0.2, 0.25) is 0 Å². The topological polar surface area (TPSA) is 29.3 Å². The van der Waals surface area contributed by atoms with E-state index in [2.05, 4.69) is 49.1 Å². The van der Waals surface area contributed by atoms with Crippen molar-refractivity contribution in [2.45, 2.75) is 26.8 Å². The fraction of sp³-hybridized carbons (Fsp3) is 0.294. The van der Waals surface area contributed by atoms with Crippen LogP contribution in [0.4, 0.5) is 11.4 Å². The average Bonchev–Trinajstić information content (AvgIpc) is 2.45. The van der Waals surface area contributed by atoms with Gasteiger partial charge in [0, 0.05) is 24.5 Å². The van der Waals surface area contributed by atoms with E-state index >= 15 is 0 Å². The predicted molar refractivity (Wildman–Crippen MR) is 83.4 cm³/mol. The zero-order valence-corrected chi connectivity index (χ0v) is 11.8. The third-order valence-electron chi connectivity index (χ3n) is 3.42. The van der Waals surface area contributed by atoms with E-state index in [1.807, 2.05) is 18.2 Å². The summed E-state index contributed by atoms with van der Waals surface area (Å²) in [4.78, 5) is 2.33. The molecule has 0 unspecified atom stereocenters. The number of nitrogen functional groups attached to an aromatic ring is 1. The number of nitrogens with zero attached hydrogens (tertiary/aromatic N) is 1. The van der Waals surface area contributed by atoms with E-state index < -0.39 is 0 Å². The molecule has 0 aliphatic rings. The van der Waals surface area contributed by atoms with Gasteiger partial charge < -0.3 is 10.6 Å². The maximum Gasteiger partial charge on any atom is 0.0429 e. The van der Waals surface area contributed by atoms with Crippen LogP contribution in [0.1, 0.15) is 25.0 Å². The van der Waals surface area contributed by atoms with Gasteiger partial charge in [-0.2, -0.15) is 0 Å². The molecule has 0 atom stereocenters. The summed E-state index contributed by atoms with van der Waals surface area (Å²) in [6.07, 6.45) is 1.09. The van der Waals surface area contributed by atoms with Gasteiger partial charge in [-0.25, -0.2) is 0 Å². The van der Waals surface area contributed by atoms with Gasteiger partial charge in [0.2, 0.25) is 0 Å². The Morgan fingerprint density at radius 1 is 0.947 bits per heavy atom. The molecule has 0 saturated carbocycles. The molecule has 2 aromatic rings. The van der Waals surface area contributed by atoms with Crippen molar-refractivity contribution in [1.82, 2.24) is 0 Å². The van der Waals surface area contributed by atoms with Crippen LogP contribution in [0.3, 0.4) is 0 Å². The van der Waals surface area contributed by atoms with Gasteiger partial charge in [-0.3, -0.25) is 0 Å². The summed E-state index contributed by atoms with van der Waals surface area (Å²) >= 11 is 0. The minimum Gasteiger partial charge on any atom is -0.399 e. The van der Waals surface area contributed by atoms with Gasteiger partial charge in [-0.15, -0.1) is 0 Å². The third kappa shape index (κ3) is 3.50. The molecule has 0 spiro atoms. The zero-order chi connectivity index (χ0) is 13.7. The van der Waals surface area contributed by atoms with E-state index in [4.69, 9.17) is 5.73 Å². The fourth-order valence-electron chi connectivity index (χ4n) is 2.21. The van der Waals surface area contributed by atoms with E-state index in [-0.39, 0.29) is 0 Å². The number of aryl methyl sites for hydroxylation is 1. The molecule has 2 nitrogen and oxygen atoms in total. The molecule has 2 N–H and O–H groups in total. The molecule has 2 rings (SSSR count). The molecule has 19 heavy (non-hydrogen) atoms. The van der Waals surface area contributed by atoms with E-state index in [1.165, 1.54) is 16.8 Å². The number of anilines is 2. The number of hydrogen-bond donors (Lipinski definition) is 1. The molecule has 0 saturated heterocycles. The first-order valence-corrected chi connectivity index (χ1v) is 6.91. The van der Waals surface area contributed by atoms with E-state index in [0.717, 1.165) is 25.2 Å². The fourth-order valence-corrected chi connectivity index (χ4v) is 2.21. The Labute approximate surface area is 115 Å². The van der Waals surface area contributed by atoms with Crippen molar-refractivity contribution in [2.24, 2.45) is 0 Å². The highest BCUT2D eigenvalue weighted by atomic mass is 15.1. The van der Waals surface area contributed by atoms with Crippen molar-refractivity contribution < 1.29 is 0 Å². The van der Waals surface area contributed by atoms with Crippen LogP contribution in [0.5, 0.6) is 0 Å². The zero-order valence-electron chi connectivity index (χ0n) is 11.8. The van der Waals surface area contributed by atoms with Crippen LogP contribution in [0.15, 0.2) is 48.5 Å². The van der Waals surface area contributed by atoms with E-state index in [1.54, 1.807) is 0 Å². The lowest BCUT2D eigenvalue weighted by molar-refractivity contribution is 0.831. The molecule has 0 aliphatic carbocycles. The molecule has 0 aliphatic heterocycles. The highest BCUT2D eigenvalue weighted by Gasteiger charge is 2.05. The normalized spacial score (nSPS) is 10.4. The van der Waals surface area contributed by atoms with Crippen LogP contribution in [0.25, 0.3) is 0 Å². The molecule has 100 valence electrons. The van der Waals surface area contributed by atoms with Crippen molar-refractivity contribution in [3.05, 3.63) is 59.7 Å². The number of nitrogens with two attached hydrogens (primary N) is 1. The molecule has 2 aromatic carbocycles. The van der Waals surface area contributed by atoms with E-state index in [0.29, 0.717) is 0 Å². The maximum absolute atomic E-state index is 5.86. The summed E-state index contributed by atoms with van der Waals surface area (Å²) in [5.41, 5.74) is 10.6. The number of benzene rings is 2. The summed E-state index contributed by atoms with van der Waals surface area (Å²) < 4.78 is 0. The molecule has 0 radical (unpaired) electrons. The second kappa shape index (κ2) is 6.28. The number of hydrogen-bond acceptors (Lipinski definition) is 2. The summed E-state index contributed by atoms with van der Waals surface area (Å²) in [6.45, 7) is 6.24. The van der Waals surface area contributed by atoms with Gasteiger partial charge in [-0.05, 0) is 42.7 Å². The Balaban J connectivity index is 2.14. The maximum atomic E-state index is 5.86.